The van der Waals surface area contributed by atoms with Crippen molar-refractivity contribution in [1.82, 2.24) is 19.1 Å². The molecule has 0 aliphatic rings. The van der Waals surface area contributed by atoms with Crippen molar-refractivity contribution in [3.05, 3.63) is 230 Å². The van der Waals surface area contributed by atoms with Crippen LogP contribution in [0.15, 0.2) is 213 Å². The van der Waals surface area contributed by atoms with E-state index in [0.29, 0.717) is 11.1 Å². The maximum atomic E-state index is 15.2. The number of hydrogen-bond acceptors (Lipinski definition) is 2. The van der Waals surface area contributed by atoms with Gasteiger partial charge in [-0.25, -0.2) is 8.78 Å². The molecule has 65 heavy (non-hydrogen) atoms. The summed E-state index contributed by atoms with van der Waals surface area (Å²) in [7, 11) is 0. The van der Waals surface area contributed by atoms with E-state index in [-0.39, 0.29) is 0 Å². The van der Waals surface area contributed by atoms with Crippen molar-refractivity contribution >= 4 is 43.6 Å². The standard InChI is InChI=1S/C59H38F2N4/c1-37-54(64-55-18-10-8-16-48(55)50-24-20-40(32-57(50)64)42-22-27-52(62-35-42)38-12-4-2-5-13-38)29-26-47(44-30-45(60)34-46(61)31-44)59(37)65-56-19-11-9-17-49(56)51-25-21-41(33-58(51)65)43-23-28-53(63-36-43)39-14-6-3-7-15-39/h2-36H,1H3. The summed E-state index contributed by atoms with van der Waals surface area (Å²) in [5.41, 5.74) is 15.9. The Morgan fingerprint density at radius 2 is 0.815 bits per heavy atom. The molecule has 12 rings (SSSR count). The smallest absolute Gasteiger partial charge is 0.126 e. The minimum atomic E-state index is -0.634. The van der Waals surface area contributed by atoms with Crippen molar-refractivity contribution in [1.29, 1.82) is 0 Å². The van der Waals surface area contributed by atoms with Gasteiger partial charge in [-0.3, -0.25) is 9.97 Å². The molecule has 6 heteroatoms. The van der Waals surface area contributed by atoms with E-state index in [2.05, 4.69) is 150 Å². The van der Waals surface area contributed by atoms with Crippen LogP contribution in [-0.2, 0) is 0 Å². The first-order valence-corrected chi connectivity index (χ1v) is 21.7. The molecule has 0 atom stereocenters. The normalized spacial score (nSPS) is 11.6. The van der Waals surface area contributed by atoms with E-state index in [1.165, 1.54) is 12.1 Å². The SMILES string of the molecule is Cc1c(-n2c3ccccc3c3ccc(-c4ccc(-c5ccccc5)nc4)cc32)ccc(-c2cc(F)cc(F)c2)c1-n1c2ccccc2c2ccc(-c3ccc(-c4ccccc4)nc3)cc21. The fraction of sp³-hybridized carbons (Fsp3) is 0.0169. The van der Waals surface area contributed by atoms with Crippen LogP contribution in [-0.4, -0.2) is 19.1 Å². The second-order valence-electron chi connectivity index (χ2n) is 16.5. The van der Waals surface area contributed by atoms with Gasteiger partial charge in [0.2, 0.25) is 0 Å². The molecule has 0 saturated heterocycles. The molecule has 0 unspecified atom stereocenters. The highest BCUT2D eigenvalue weighted by atomic mass is 19.1. The van der Waals surface area contributed by atoms with E-state index in [9.17, 15) is 0 Å². The summed E-state index contributed by atoms with van der Waals surface area (Å²) in [6, 6.07) is 66.6. The molecule has 0 aliphatic carbocycles. The van der Waals surface area contributed by atoms with Crippen molar-refractivity contribution < 1.29 is 8.78 Å². The third kappa shape index (κ3) is 6.49. The van der Waals surface area contributed by atoms with Gasteiger partial charge in [0, 0.05) is 67.8 Å². The van der Waals surface area contributed by atoms with Crippen molar-refractivity contribution in [2.24, 2.45) is 0 Å². The number of fused-ring (bicyclic) bond motifs is 6. The average Bonchev–Trinajstić information content (AvgIpc) is 3.86. The molecule has 4 nitrogen and oxygen atoms in total. The van der Waals surface area contributed by atoms with Gasteiger partial charge < -0.3 is 9.13 Å². The molecule has 4 heterocycles. The zero-order valence-corrected chi connectivity index (χ0v) is 35.3. The number of aromatic nitrogens is 4. The van der Waals surface area contributed by atoms with Gasteiger partial charge in [0.15, 0.2) is 0 Å². The molecule has 0 aliphatic heterocycles. The van der Waals surface area contributed by atoms with Crippen molar-refractivity contribution in [3.8, 4) is 67.3 Å². The molecule has 0 radical (unpaired) electrons. The van der Waals surface area contributed by atoms with Crippen LogP contribution in [0.3, 0.4) is 0 Å². The van der Waals surface area contributed by atoms with Crippen LogP contribution in [0.5, 0.6) is 0 Å². The van der Waals surface area contributed by atoms with E-state index in [4.69, 9.17) is 9.97 Å². The minimum absolute atomic E-state index is 0.450. The number of rotatable bonds is 7. The summed E-state index contributed by atoms with van der Waals surface area (Å²) in [6.45, 7) is 2.12. The number of nitrogens with zero attached hydrogens (tertiary/aromatic N) is 4. The van der Waals surface area contributed by atoms with Crippen LogP contribution in [0, 0.1) is 18.6 Å². The van der Waals surface area contributed by atoms with Crippen molar-refractivity contribution in [2.75, 3.05) is 0 Å². The average molecular weight is 841 g/mol. The van der Waals surface area contributed by atoms with E-state index in [1.807, 2.05) is 60.9 Å². The van der Waals surface area contributed by atoms with Crippen molar-refractivity contribution in [3.63, 3.8) is 0 Å². The van der Waals surface area contributed by atoms with E-state index in [0.717, 1.165) is 111 Å². The number of hydrogen-bond donors (Lipinski definition) is 0. The van der Waals surface area contributed by atoms with Gasteiger partial charge in [-0.15, -0.1) is 0 Å². The first kappa shape index (κ1) is 38.2. The summed E-state index contributed by atoms with van der Waals surface area (Å²) in [5, 5.41) is 4.37. The lowest BCUT2D eigenvalue weighted by Crippen LogP contribution is -2.06. The van der Waals surface area contributed by atoms with Crippen LogP contribution < -0.4 is 0 Å². The van der Waals surface area contributed by atoms with Crippen LogP contribution in [0.2, 0.25) is 0 Å². The molecule has 0 spiro atoms. The topological polar surface area (TPSA) is 35.6 Å². The van der Waals surface area contributed by atoms with Crippen LogP contribution in [0.4, 0.5) is 8.78 Å². The second kappa shape index (κ2) is 15.4. The van der Waals surface area contributed by atoms with Gasteiger partial charge in [-0.2, -0.15) is 0 Å². The molecule has 0 bridgehead atoms. The van der Waals surface area contributed by atoms with Crippen LogP contribution in [0.1, 0.15) is 5.56 Å². The van der Waals surface area contributed by atoms with Gasteiger partial charge in [0.1, 0.15) is 11.6 Å². The Hall–Kier alpha value is -8.48. The molecular weight excluding hydrogens is 803 g/mol. The Kier molecular flexibility index (Phi) is 9.05. The third-order valence-electron chi connectivity index (χ3n) is 12.7. The predicted octanol–water partition coefficient (Wildman–Crippen LogP) is 15.6. The first-order chi connectivity index (χ1) is 32.0. The molecule has 0 amide bonds. The Morgan fingerprint density at radius 3 is 1.34 bits per heavy atom. The Bertz CT molecular complexity index is 3760. The first-order valence-electron chi connectivity index (χ1n) is 21.7. The zero-order valence-electron chi connectivity index (χ0n) is 35.3. The number of para-hydroxylation sites is 2. The van der Waals surface area contributed by atoms with Gasteiger partial charge in [-0.1, -0.05) is 140 Å². The number of pyridine rings is 2. The fourth-order valence-corrected chi connectivity index (χ4v) is 9.65. The van der Waals surface area contributed by atoms with Crippen LogP contribution in [0.25, 0.3) is 111 Å². The molecule has 308 valence electrons. The Labute approximate surface area is 374 Å². The molecule has 4 aromatic heterocycles. The maximum absolute atomic E-state index is 15.2. The quantitative estimate of drug-likeness (QED) is 0.160. The molecular formula is C59H38F2N4. The summed E-state index contributed by atoms with van der Waals surface area (Å²) in [4.78, 5) is 9.72. The molecule has 0 saturated carbocycles. The summed E-state index contributed by atoms with van der Waals surface area (Å²) < 4.78 is 35.1. The maximum Gasteiger partial charge on any atom is 0.126 e. The van der Waals surface area contributed by atoms with Gasteiger partial charge in [0.25, 0.3) is 0 Å². The highest BCUT2D eigenvalue weighted by molar-refractivity contribution is 6.12. The summed E-state index contributed by atoms with van der Waals surface area (Å²) >= 11 is 0. The molecule has 0 N–H and O–H groups in total. The van der Waals surface area contributed by atoms with E-state index in [1.54, 1.807) is 0 Å². The highest BCUT2D eigenvalue weighted by Crippen LogP contribution is 2.43. The van der Waals surface area contributed by atoms with Gasteiger partial charge in [-0.05, 0) is 83.8 Å². The third-order valence-corrected chi connectivity index (χ3v) is 12.7. The molecule has 8 aromatic carbocycles. The van der Waals surface area contributed by atoms with Gasteiger partial charge >= 0.3 is 0 Å². The largest absolute Gasteiger partial charge is 0.309 e. The summed E-state index contributed by atoms with van der Waals surface area (Å²) in [6.07, 6.45) is 3.87. The Balaban J connectivity index is 1.10. The lowest BCUT2D eigenvalue weighted by molar-refractivity contribution is 0.584. The monoisotopic (exact) mass is 840 g/mol. The highest BCUT2D eigenvalue weighted by Gasteiger charge is 2.23. The minimum Gasteiger partial charge on any atom is -0.309 e. The molecule has 0 fully saturated rings. The lowest BCUT2D eigenvalue weighted by Gasteiger charge is -2.21. The molecule has 12 aromatic rings. The Morgan fingerprint density at radius 1 is 0.354 bits per heavy atom. The van der Waals surface area contributed by atoms with Crippen molar-refractivity contribution in [2.45, 2.75) is 6.92 Å². The van der Waals surface area contributed by atoms with Gasteiger partial charge in [0.05, 0.1) is 44.8 Å². The van der Waals surface area contributed by atoms with E-state index < -0.39 is 11.6 Å². The summed E-state index contributed by atoms with van der Waals surface area (Å²) in [5.74, 6) is -1.27. The van der Waals surface area contributed by atoms with Crippen LogP contribution >= 0.6 is 0 Å². The second-order valence-corrected chi connectivity index (χ2v) is 16.5. The van der Waals surface area contributed by atoms with E-state index >= 15 is 8.78 Å². The zero-order chi connectivity index (χ0) is 43.6. The predicted molar refractivity (Wildman–Crippen MR) is 263 cm³/mol. The number of halogens is 2. The fourth-order valence-electron chi connectivity index (χ4n) is 9.65. The lowest BCUT2D eigenvalue weighted by atomic mass is 9.97. The number of benzene rings is 8.